The Labute approximate surface area is 166 Å². The molecule has 6 nitrogen and oxygen atoms in total. The van der Waals surface area contributed by atoms with Crippen LogP contribution in [-0.4, -0.2) is 34.9 Å². The number of thioether (sulfide) groups is 1. The van der Waals surface area contributed by atoms with Crippen LogP contribution in [-0.2, 0) is 12.8 Å². The molecule has 0 aromatic carbocycles. The Hall–Kier alpha value is -1.67. The number of fused-ring (bicyclic) bond motifs is 8. The maximum Gasteiger partial charge on any atom is 0.260 e. The van der Waals surface area contributed by atoms with Gasteiger partial charge in [0.1, 0.15) is 10.7 Å². The van der Waals surface area contributed by atoms with Crippen molar-refractivity contribution in [2.45, 2.75) is 70.4 Å². The average Bonchev–Trinajstić information content (AvgIpc) is 3.35. The van der Waals surface area contributed by atoms with Gasteiger partial charge in [0.05, 0.1) is 5.39 Å². The number of thiophene rings is 1. The van der Waals surface area contributed by atoms with E-state index in [9.17, 15) is 0 Å². The largest absolute Gasteiger partial charge is 0.260 e. The minimum absolute atomic E-state index is 0.785. The van der Waals surface area contributed by atoms with Gasteiger partial charge in [-0.1, -0.05) is 37.9 Å². The van der Waals surface area contributed by atoms with Gasteiger partial charge in [-0.25, -0.2) is 9.38 Å². The monoisotopic (exact) mass is 400 g/mol. The molecule has 5 rings (SSSR count). The van der Waals surface area contributed by atoms with Crippen molar-refractivity contribution < 1.29 is 0 Å². The zero-order chi connectivity index (χ0) is 18.4. The summed E-state index contributed by atoms with van der Waals surface area (Å²) in [5.41, 5.74) is 2.43. The van der Waals surface area contributed by atoms with Crippen molar-refractivity contribution in [1.29, 1.82) is 0 Å². The summed E-state index contributed by atoms with van der Waals surface area (Å²) in [6.45, 7) is 4.20. The van der Waals surface area contributed by atoms with Gasteiger partial charge < -0.3 is 0 Å². The highest BCUT2D eigenvalue weighted by Gasteiger charge is 2.25. The highest BCUT2D eigenvalue weighted by molar-refractivity contribution is 7.99. The molecular weight excluding hydrogens is 376 g/mol. The maximum absolute atomic E-state index is 4.75. The lowest BCUT2D eigenvalue weighted by Gasteiger charge is -2.10. The Morgan fingerprint density at radius 2 is 2.00 bits per heavy atom. The van der Waals surface area contributed by atoms with Crippen molar-refractivity contribution in [3.05, 3.63) is 16.3 Å². The summed E-state index contributed by atoms with van der Waals surface area (Å²) in [4.78, 5) is 7.51. The van der Waals surface area contributed by atoms with Crippen LogP contribution < -0.4 is 0 Å². The Balaban J connectivity index is 1.68. The third kappa shape index (κ3) is 2.84. The molecule has 4 aromatic heterocycles. The molecule has 0 unspecified atom stereocenters. The van der Waals surface area contributed by atoms with Crippen molar-refractivity contribution in [2.75, 3.05) is 5.75 Å². The number of hydrogen-bond acceptors (Lipinski definition) is 6. The molecule has 0 bridgehead atoms. The van der Waals surface area contributed by atoms with Gasteiger partial charge in [0, 0.05) is 10.6 Å². The van der Waals surface area contributed by atoms with E-state index in [-0.39, 0.29) is 0 Å². The van der Waals surface area contributed by atoms with E-state index >= 15 is 0 Å². The molecule has 27 heavy (non-hydrogen) atoms. The normalized spacial score (nSPS) is 14.6. The van der Waals surface area contributed by atoms with E-state index in [1.807, 2.05) is 34.5 Å². The Morgan fingerprint density at radius 1 is 1.11 bits per heavy atom. The van der Waals surface area contributed by atoms with Crippen LogP contribution in [0.3, 0.4) is 0 Å². The van der Waals surface area contributed by atoms with Gasteiger partial charge in [0.2, 0.25) is 0 Å². The van der Waals surface area contributed by atoms with E-state index in [0.29, 0.717) is 0 Å². The third-order valence-corrected chi connectivity index (χ3v) is 7.62. The van der Waals surface area contributed by atoms with Crippen LogP contribution in [0, 0.1) is 6.92 Å². The van der Waals surface area contributed by atoms with Crippen molar-refractivity contribution in [1.82, 2.24) is 29.2 Å². The van der Waals surface area contributed by atoms with Gasteiger partial charge in [0.15, 0.2) is 10.8 Å². The van der Waals surface area contributed by atoms with Crippen LogP contribution in [0.5, 0.6) is 0 Å². The van der Waals surface area contributed by atoms with Crippen molar-refractivity contribution in [2.24, 2.45) is 0 Å². The lowest BCUT2D eigenvalue weighted by molar-refractivity contribution is 0.700. The van der Waals surface area contributed by atoms with Crippen LogP contribution in [0.4, 0.5) is 0 Å². The predicted molar refractivity (Wildman–Crippen MR) is 111 cm³/mol. The molecule has 0 atom stereocenters. The minimum atomic E-state index is 0.785. The van der Waals surface area contributed by atoms with Crippen LogP contribution in [0.1, 0.15) is 61.7 Å². The first-order chi connectivity index (χ1) is 13.3. The fourth-order valence-electron chi connectivity index (χ4n) is 4.02. The van der Waals surface area contributed by atoms with E-state index in [1.54, 1.807) is 0 Å². The fraction of sp³-hybridized carbons (Fsp3) is 0.579. The molecule has 0 saturated carbocycles. The van der Waals surface area contributed by atoms with E-state index in [0.717, 1.165) is 34.6 Å². The number of unbranched alkanes of at least 4 members (excludes halogenated alkanes) is 3. The van der Waals surface area contributed by atoms with Crippen molar-refractivity contribution in [3.63, 3.8) is 0 Å². The SMILES string of the molecule is CCCCCCSc1nnc2n3nc(C)nc3c3c4c(sc3n12)CCCC4. The standard InChI is InChI=1S/C19H24N6S2/c1-3-4-5-8-11-26-19-22-21-18-24(19)17-15(16-20-12(2)23-25(16)18)13-9-6-7-10-14(13)27-17/h3-11H2,1-2H3. The summed E-state index contributed by atoms with van der Waals surface area (Å²) in [5.74, 6) is 2.66. The predicted octanol–water partition coefficient (Wildman–Crippen LogP) is 4.85. The minimum Gasteiger partial charge on any atom is -0.244 e. The number of nitrogens with zero attached hydrogens (tertiary/aromatic N) is 6. The van der Waals surface area contributed by atoms with Crippen LogP contribution in [0.15, 0.2) is 5.16 Å². The molecule has 0 radical (unpaired) electrons. The van der Waals surface area contributed by atoms with Gasteiger partial charge in [0.25, 0.3) is 5.78 Å². The smallest absolute Gasteiger partial charge is 0.244 e. The topological polar surface area (TPSA) is 60.4 Å². The van der Waals surface area contributed by atoms with Gasteiger partial charge in [-0.15, -0.1) is 26.6 Å². The molecule has 8 heteroatoms. The summed E-state index contributed by atoms with van der Waals surface area (Å²) in [7, 11) is 0. The molecule has 0 amide bonds. The van der Waals surface area contributed by atoms with Crippen molar-refractivity contribution in [3.8, 4) is 0 Å². The van der Waals surface area contributed by atoms with E-state index in [4.69, 9.17) is 4.98 Å². The number of aromatic nitrogens is 6. The highest BCUT2D eigenvalue weighted by atomic mass is 32.2. The van der Waals surface area contributed by atoms with E-state index in [2.05, 4.69) is 26.6 Å². The first-order valence-corrected chi connectivity index (χ1v) is 11.8. The second kappa shape index (κ2) is 7.05. The molecule has 1 aliphatic carbocycles. The summed E-state index contributed by atoms with van der Waals surface area (Å²) in [6, 6.07) is 0. The van der Waals surface area contributed by atoms with Crippen molar-refractivity contribution >= 4 is 44.7 Å². The summed E-state index contributed by atoms with van der Waals surface area (Å²) < 4.78 is 4.12. The maximum atomic E-state index is 4.75. The molecule has 1 aliphatic rings. The summed E-state index contributed by atoms with van der Waals surface area (Å²) in [5, 5.41) is 15.9. The van der Waals surface area contributed by atoms with E-state index in [1.165, 1.54) is 65.6 Å². The molecular formula is C19H24N6S2. The third-order valence-electron chi connectivity index (χ3n) is 5.33. The molecule has 4 heterocycles. The van der Waals surface area contributed by atoms with Gasteiger partial charge in [-0.05, 0) is 44.6 Å². The van der Waals surface area contributed by atoms with E-state index < -0.39 is 0 Å². The second-order valence-corrected chi connectivity index (χ2v) is 9.46. The molecule has 142 valence electrons. The Bertz CT molecular complexity index is 1120. The Kier molecular flexibility index (Phi) is 4.55. The fourth-order valence-corrected chi connectivity index (χ4v) is 6.39. The highest BCUT2D eigenvalue weighted by Crippen LogP contribution is 2.39. The molecule has 0 aliphatic heterocycles. The molecule has 0 fully saturated rings. The zero-order valence-electron chi connectivity index (χ0n) is 15.9. The average molecular weight is 401 g/mol. The van der Waals surface area contributed by atoms with Gasteiger partial charge in [-0.3, -0.25) is 0 Å². The first-order valence-electron chi connectivity index (χ1n) is 9.95. The first kappa shape index (κ1) is 17.4. The van der Waals surface area contributed by atoms with Gasteiger partial charge >= 0.3 is 0 Å². The molecule has 4 aromatic rings. The van der Waals surface area contributed by atoms with Crippen LogP contribution in [0.2, 0.25) is 0 Å². The summed E-state index contributed by atoms with van der Waals surface area (Å²) >= 11 is 3.73. The molecule has 0 saturated heterocycles. The van der Waals surface area contributed by atoms with Gasteiger partial charge in [-0.2, -0.15) is 4.52 Å². The number of aryl methyl sites for hydroxylation is 3. The molecule has 0 spiro atoms. The summed E-state index contributed by atoms with van der Waals surface area (Å²) in [6.07, 6.45) is 9.95. The number of hydrogen-bond donors (Lipinski definition) is 0. The lowest BCUT2D eigenvalue weighted by atomic mass is 9.97. The van der Waals surface area contributed by atoms with Crippen LogP contribution >= 0.6 is 23.1 Å². The lowest BCUT2D eigenvalue weighted by Crippen LogP contribution is -2.01. The second-order valence-electron chi connectivity index (χ2n) is 7.31. The number of rotatable bonds is 6. The van der Waals surface area contributed by atoms with Crippen LogP contribution in [0.25, 0.3) is 21.6 Å². The Morgan fingerprint density at radius 3 is 2.89 bits per heavy atom. The zero-order valence-corrected chi connectivity index (χ0v) is 17.5. The molecule has 0 N–H and O–H groups in total. The quantitative estimate of drug-likeness (QED) is 0.342.